The Balaban J connectivity index is 1.86. The highest BCUT2D eigenvalue weighted by Gasteiger charge is 2.14. The summed E-state index contributed by atoms with van der Waals surface area (Å²) < 4.78 is 0. The van der Waals surface area contributed by atoms with Crippen molar-refractivity contribution in [2.24, 2.45) is 0 Å². The highest BCUT2D eigenvalue weighted by molar-refractivity contribution is 7.99. The molecule has 1 saturated heterocycles. The van der Waals surface area contributed by atoms with Gasteiger partial charge in [-0.25, -0.2) is 0 Å². The topological polar surface area (TPSA) is 27.0 Å². The van der Waals surface area contributed by atoms with Gasteiger partial charge >= 0.3 is 0 Å². The monoisotopic (exact) mass is 354 g/mol. The van der Waals surface area contributed by atoms with E-state index in [-0.39, 0.29) is 0 Å². The Kier molecular flexibility index (Phi) is 5.89. The Hall–Kier alpha value is -1.41. The van der Waals surface area contributed by atoms with E-state index in [4.69, 9.17) is 0 Å². The van der Waals surface area contributed by atoms with Crippen LogP contribution in [0.2, 0.25) is 0 Å². The van der Waals surface area contributed by atoms with Gasteiger partial charge in [0, 0.05) is 40.9 Å². The van der Waals surface area contributed by atoms with Crippen LogP contribution in [0, 0.1) is 25.2 Å². The second kappa shape index (κ2) is 8.11. The molecule has 0 saturated carbocycles. The molecular weight excluding hydrogens is 332 g/mol. The summed E-state index contributed by atoms with van der Waals surface area (Å²) in [6.45, 7) is 7.48. The zero-order valence-corrected chi connectivity index (χ0v) is 15.8. The number of benzene rings is 2. The number of thioether (sulfide) groups is 1. The van der Waals surface area contributed by atoms with E-state index in [2.05, 4.69) is 55.1 Å². The molecule has 2 aromatic rings. The highest BCUT2D eigenvalue weighted by atomic mass is 32.2. The van der Waals surface area contributed by atoms with E-state index in [0.29, 0.717) is 0 Å². The van der Waals surface area contributed by atoms with Crippen LogP contribution in [0.4, 0.5) is 0 Å². The van der Waals surface area contributed by atoms with Gasteiger partial charge in [-0.2, -0.15) is 17.0 Å². The maximum absolute atomic E-state index is 9.25. The summed E-state index contributed by atoms with van der Waals surface area (Å²) in [4.78, 5) is 5.03. The van der Waals surface area contributed by atoms with Crippen LogP contribution in [0.5, 0.6) is 0 Å². The maximum atomic E-state index is 9.25. The molecule has 24 heavy (non-hydrogen) atoms. The van der Waals surface area contributed by atoms with Crippen LogP contribution >= 0.6 is 23.5 Å². The summed E-state index contributed by atoms with van der Waals surface area (Å²) in [7, 11) is 0. The predicted molar refractivity (Wildman–Crippen MR) is 104 cm³/mol. The molecule has 0 radical (unpaired) electrons. The molecule has 1 heterocycles. The third kappa shape index (κ3) is 4.57. The molecule has 1 fully saturated rings. The Morgan fingerprint density at radius 1 is 1.08 bits per heavy atom. The molecule has 0 atom stereocenters. The minimum absolute atomic E-state index is 0.751. The molecule has 0 N–H and O–H groups in total. The molecule has 0 aliphatic carbocycles. The molecule has 0 amide bonds. The summed E-state index contributed by atoms with van der Waals surface area (Å²) in [6.07, 6.45) is 0. The first-order chi connectivity index (χ1) is 11.6. The first kappa shape index (κ1) is 17.4. The van der Waals surface area contributed by atoms with Gasteiger partial charge < -0.3 is 0 Å². The molecule has 124 valence electrons. The molecule has 0 aromatic heterocycles. The van der Waals surface area contributed by atoms with Gasteiger partial charge in [-0.1, -0.05) is 17.8 Å². The van der Waals surface area contributed by atoms with Gasteiger partial charge in [0.15, 0.2) is 0 Å². The van der Waals surface area contributed by atoms with Crippen LogP contribution in [0.15, 0.2) is 46.2 Å². The number of rotatable bonds is 4. The SMILES string of the molecule is Cc1cc(C)cc(Sc2ccc(C#N)cc2CN2CCSCC2)c1. The molecule has 1 aliphatic rings. The summed E-state index contributed by atoms with van der Waals surface area (Å²) in [5.74, 6) is 2.41. The van der Waals surface area contributed by atoms with E-state index in [1.165, 1.54) is 38.0 Å². The van der Waals surface area contributed by atoms with Crippen LogP contribution < -0.4 is 0 Å². The van der Waals surface area contributed by atoms with Crippen LogP contribution in [0.1, 0.15) is 22.3 Å². The second-order valence-corrected chi connectivity index (χ2v) is 8.59. The lowest BCUT2D eigenvalue weighted by atomic mass is 10.1. The predicted octanol–water partition coefficient (Wildman–Crippen LogP) is 4.88. The number of hydrogen-bond donors (Lipinski definition) is 0. The van der Waals surface area contributed by atoms with E-state index in [1.54, 1.807) is 0 Å². The van der Waals surface area contributed by atoms with Crippen LogP contribution in [-0.4, -0.2) is 29.5 Å². The second-order valence-electron chi connectivity index (χ2n) is 6.25. The fourth-order valence-electron chi connectivity index (χ4n) is 2.99. The van der Waals surface area contributed by atoms with Gasteiger partial charge in [0.05, 0.1) is 11.6 Å². The van der Waals surface area contributed by atoms with Crippen molar-refractivity contribution in [3.63, 3.8) is 0 Å². The Bertz CT molecular complexity index is 738. The molecular formula is C20H22N2S2. The van der Waals surface area contributed by atoms with Gasteiger partial charge in [-0.3, -0.25) is 4.90 Å². The lowest BCUT2D eigenvalue weighted by molar-refractivity contribution is 0.292. The van der Waals surface area contributed by atoms with E-state index < -0.39 is 0 Å². The quantitative estimate of drug-likeness (QED) is 0.782. The minimum Gasteiger partial charge on any atom is -0.297 e. The summed E-state index contributed by atoms with van der Waals surface area (Å²) in [6, 6.07) is 15.1. The standard InChI is InChI=1S/C20H22N2S2/c1-15-9-16(2)11-19(10-15)24-20-4-3-17(13-21)12-18(20)14-22-5-7-23-8-6-22/h3-4,9-12H,5-8,14H2,1-2H3. The molecule has 0 unspecified atom stereocenters. The Morgan fingerprint density at radius 3 is 2.46 bits per heavy atom. The highest BCUT2D eigenvalue weighted by Crippen LogP contribution is 2.33. The van der Waals surface area contributed by atoms with Crippen molar-refractivity contribution in [2.75, 3.05) is 24.6 Å². The number of hydrogen-bond acceptors (Lipinski definition) is 4. The normalized spacial score (nSPS) is 15.2. The lowest BCUT2D eigenvalue weighted by Crippen LogP contribution is -2.32. The smallest absolute Gasteiger partial charge is 0.0991 e. The average molecular weight is 355 g/mol. The van der Waals surface area contributed by atoms with Crippen molar-refractivity contribution in [3.05, 3.63) is 58.7 Å². The average Bonchev–Trinajstić information content (AvgIpc) is 2.56. The number of nitriles is 1. The van der Waals surface area contributed by atoms with Crippen molar-refractivity contribution in [2.45, 2.75) is 30.2 Å². The van der Waals surface area contributed by atoms with E-state index in [9.17, 15) is 5.26 Å². The molecule has 1 aliphatic heterocycles. The van der Waals surface area contributed by atoms with Crippen LogP contribution in [0.25, 0.3) is 0 Å². The third-order valence-corrected chi connectivity index (χ3v) is 6.14. The number of aryl methyl sites for hydroxylation is 2. The maximum Gasteiger partial charge on any atom is 0.0991 e. The molecule has 0 spiro atoms. The fraction of sp³-hybridized carbons (Fsp3) is 0.350. The van der Waals surface area contributed by atoms with E-state index in [0.717, 1.165) is 25.2 Å². The van der Waals surface area contributed by atoms with Crippen molar-refractivity contribution < 1.29 is 0 Å². The summed E-state index contributed by atoms with van der Waals surface area (Å²) >= 11 is 3.84. The van der Waals surface area contributed by atoms with Crippen LogP contribution in [-0.2, 0) is 6.54 Å². The van der Waals surface area contributed by atoms with Crippen molar-refractivity contribution in [1.82, 2.24) is 4.90 Å². The zero-order valence-electron chi connectivity index (χ0n) is 14.2. The summed E-state index contributed by atoms with van der Waals surface area (Å²) in [5.41, 5.74) is 4.60. The number of nitrogens with zero attached hydrogens (tertiary/aromatic N) is 2. The molecule has 4 heteroatoms. The Morgan fingerprint density at radius 2 is 1.79 bits per heavy atom. The van der Waals surface area contributed by atoms with Gasteiger partial charge in [0.1, 0.15) is 0 Å². The Labute approximate surface area is 153 Å². The summed E-state index contributed by atoms with van der Waals surface area (Å²) in [5, 5.41) is 9.25. The van der Waals surface area contributed by atoms with Gasteiger partial charge in [-0.15, -0.1) is 0 Å². The molecule has 2 nitrogen and oxygen atoms in total. The first-order valence-corrected chi connectivity index (χ1v) is 10.2. The molecule has 0 bridgehead atoms. The first-order valence-electron chi connectivity index (χ1n) is 8.23. The van der Waals surface area contributed by atoms with Gasteiger partial charge in [-0.05, 0) is 60.9 Å². The minimum atomic E-state index is 0.751. The van der Waals surface area contributed by atoms with E-state index >= 15 is 0 Å². The van der Waals surface area contributed by atoms with Crippen molar-refractivity contribution in [1.29, 1.82) is 5.26 Å². The fourth-order valence-corrected chi connectivity index (χ4v) is 5.10. The third-order valence-electron chi connectivity index (χ3n) is 4.11. The zero-order chi connectivity index (χ0) is 16.9. The van der Waals surface area contributed by atoms with Gasteiger partial charge in [0.25, 0.3) is 0 Å². The molecule has 3 rings (SSSR count). The van der Waals surface area contributed by atoms with Gasteiger partial charge in [0.2, 0.25) is 0 Å². The molecule has 2 aromatic carbocycles. The van der Waals surface area contributed by atoms with Crippen molar-refractivity contribution in [3.8, 4) is 6.07 Å². The lowest BCUT2D eigenvalue weighted by Gasteiger charge is -2.27. The van der Waals surface area contributed by atoms with Crippen LogP contribution in [0.3, 0.4) is 0 Å². The largest absolute Gasteiger partial charge is 0.297 e. The van der Waals surface area contributed by atoms with Crippen molar-refractivity contribution >= 4 is 23.5 Å². The van der Waals surface area contributed by atoms with E-state index in [1.807, 2.05) is 29.6 Å².